The summed E-state index contributed by atoms with van der Waals surface area (Å²) in [5.74, 6) is -1.80. The Morgan fingerprint density at radius 2 is 0.831 bits per heavy atom. The van der Waals surface area contributed by atoms with E-state index in [1.54, 1.807) is 0 Å². The van der Waals surface area contributed by atoms with E-state index in [0.717, 1.165) is 13.8 Å². The minimum atomic E-state index is -2.43. The van der Waals surface area contributed by atoms with Gasteiger partial charge in [0, 0.05) is 13.8 Å². The number of aliphatic hydroxyl groups is 21. The second kappa shape index (κ2) is 30.7. The molecule has 0 bridgehead atoms. The van der Waals surface area contributed by atoms with Crippen LogP contribution in [-0.4, -0.2) is 374 Å². The summed E-state index contributed by atoms with van der Waals surface area (Å²) in [6.45, 7) is -4.22. The van der Waals surface area contributed by atoms with Crippen LogP contribution >= 0.6 is 0 Å². The molecule has 6 heterocycles. The van der Waals surface area contributed by atoms with Gasteiger partial charge in [0.05, 0.1) is 52.4 Å². The number of amides is 2. The Labute approximate surface area is 471 Å². The lowest BCUT2D eigenvalue weighted by Gasteiger charge is -2.51. The van der Waals surface area contributed by atoms with Crippen molar-refractivity contribution in [3.8, 4) is 0 Å². The maximum absolute atomic E-state index is 13.2. The molecule has 0 aromatic heterocycles. The first-order valence-electron chi connectivity index (χ1n) is 26.4. The van der Waals surface area contributed by atoms with E-state index in [1.807, 2.05) is 0 Å². The van der Waals surface area contributed by atoms with Gasteiger partial charge in [0.15, 0.2) is 37.7 Å². The van der Waals surface area contributed by atoms with Crippen molar-refractivity contribution >= 4 is 11.8 Å². The quantitative estimate of drug-likeness (QED) is 0.0427. The third kappa shape index (κ3) is 15.7. The van der Waals surface area contributed by atoms with Gasteiger partial charge >= 0.3 is 0 Å². The minimum Gasteiger partial charge on any atom is -0.394 e. The summed E-state index contributed by atoms with van der Waals surface area (Å²) in [7, 11) is 0. The number of hydrogen-bond donors (Lipinski definition) is 23. The summed E-state index contributed by atoms with van der Waals surface area (Å²) in [6.07, 6.45) is -63.5. The van der Waals surface area contributed by atoms with E-state index in [2.05, 4.69) is 10.6 Å². The molecule has 23 N–H and O–H groups in total. The second-order valence-corrected chi connectivity index (χ2v) is 20.8. The van der Waals surface area contributed by atoms with Crippen molar-refractivity contribution in [1.82, 2.24) is 10.6 Å². The number of aliphatic hydroxyl groups excluding tert-OH is 21. The Bertz CT molecular complexity index is 1990. The lowest BCUT2D eigenvalue weighted by Crippen LogP contribution is -2.71. The maximum atomic E-state index is 13.2. The van der Waals surface area contributed by atoms with Gasteiger partial charge in [-0.15, -0.1) is 0 Å². The fourth-order valence-electron chi connectivity index (χ4n) is 10.2. The molecule has 0 spiro atoms. The molecular formula is C46H80N2O35. The summed E-state index contributed by atoms with van der Waals surface area (Å²) < 4.78 is 70.3. The van der Waals surface area contributed by atoms with Crippen LogP contribution in [0.3, 0.4) is 0 Å². The third-order valence-electron chi connectivity index (χ3n) is 14.9. The van der Waals surface area contributed by atoms with E-state index in [9.17, 15) is 117 Å². The molecule has 0 aromatic carbocycles. The van der Waals surface area contributed by atoms with Crippen LogP contribution in [0.5, 0.6) is 0 Å². The Kier molecular flexibility index (Phi) is 25.8. The van der Waals surface area contributed by atoms with Crippen molar-refractivity contribution in [2.45, 2.75) is 229 Å². The van der Waals surface area contributed by atoms with Crippen LogP contribution < -0.4 is 10.6 Å². The van der Waals surface area contributed by atoms with Crippen LogP contribution in [0.4, 0.5) is 0 Å². The summed E-state index contributed by atoms with van der Waals surface area (Å²) in [4.78, 5) is 25.8. The van der Waals surface area contributed by atoms with Crippen LogP contribution in [0.15, 0.2) is 0 Å². The van der Waals surface area contributed by atoms with Crippen LogP contribution in [-0.2, 0) is 66.4 Å². The Morgan fingerprint density at radius 3 is 1.34 bits per heavy atom. The lowest BCUT2D eigenvalue weighted by atomic mass is 9.93. The van der Waals surface area contributed by atoms with Crippen molar-refractivity contribution in [3.63, 3.8) is 0 Å². The van der Waals surface area contributed by atoms with Gasteiger partial charge in [0.1, 0.15) is 165 Å². The Morgan fingerprint density at radius 1 is 0.410 bits per heavy atom. The molecule has 83 heavy (non-hydrogen) atoms. The first kappa shape index (κ1) is 69.7. The fraction of sp³-hybridized carbons (Fsp3) is 0.957. The molecule has 6 fully saturated rings. The van der Waals surface area contributed by atoms with Crippen LogP contribution in [0.1, 0.15) is 20.8 Å². The zero-order chi connectivity index (χ0) is 61.6. The van der Waals surface area contributed by atoms with Crippen LogP contribution in [0.2, 0.25) is 0 Å². The summed E-state index contributed by atoms with van der Waals surface area (Å²) >= 11 is 0. The van der Waals surface area contributed by atoms with Gasteiger partial charge in [-0.3, -0.25) is 9.59 Å². The van der Waals surface area contributed by atoms with Crippen LogP contribution in [0, 0.1) is 0 Å². The Hall–Kier alpha value is -2.38. The molecule has 6 aliphatic rings. The average Bonchev–Trinajstić information content (AvgIpc) is 2.77. The first-order valence-corrected chi connectivity index (χ1v) is 26.4. The predicted octanol–water partition coefficient (Wildman–Crippen LogP) is -15.3. The van der Waals surface area contributed by atoms with Gasteiger partial charge < -0.3 is 175 Å². The fourth-order valence-corrected chi connectivity index (χ4v) is 10.2. The van der Waals surface area contributed by atoms with Gasteiger partial charge in [-0.05, 0) is 6.92 Å². The van der Waals surface area contributed by atoms with Gasteiger partial charge in [-0.1, -0.05) is 0 Å². The normalized spacial score (nSPS) is 46.8. The van der Waals surface area contributed by atoms with Gasteiger partial charge in [0.2, 0.25) is 11.8 Å². The second-order valence-electron chi connectivity index (χ2n) is 20.8. The molecule has 2 amide bonds. The van der Waals surface area contributed by atoms with Crippen LogP contribution in [0.25, 0.3) is 0 Å². The molecule has 484 valence electrons. The number of carbonyl (C=O) groups excluding carboxylic acids is 2. The molecule has 0 saturated carbocycles. The highest BCUT2D eigenvalue weighted by Crippen LogP contribution is 2.38. The monoisotopic (exact) mass is 1220 g/mol. The third-order valence-corrected chi connectivity index (χ3v) is 14.9. The zero-order valence-electron chi connectivity index (χ0n) is 44.7. The summed E-state index contributed by atoms with van der Waals surface area (Å²) in [6, 6.07) is -3.68. The van der Waals surface area contributed by atoms with Gasteiger partial charge in [-0.2, -0.15) is 0 Å². The highest BCUT2D eigenvalue weighted by atomic mass is 16.8. The largest absolute Gasteiger partial charge is 0.394 e. The van der Waals surface area contributed by atoms with E-state index in [-0.39, 0.29) is 0 Å². The molecule has 0 aliphatic carbocycles. The maximum Gasteiger partial charge on any atom is 0.217 e. The smallest absolute Gasteiger partial charge is 0.217 e. The SMILES string of the molecule is CC(=O)N[C@H]1[C@H](OC[C@H]2O[C@@H](O[C@@H]([C@H](O)[C@@H](O)CO)[C@H](O)CO)[C@H](O)[C@@H](O[C@@H]3O[C@H](CO)[C@@H](O[C@@H]4O[C@H](CO)[C@H](O)[C@H](O)[C@H]4O)[C@H](O[C@@H]4O[C@@H](C)[C@@H](O)[C@@H](O)[C@@H]4O)[C@H]3NC(C)=O)[C@H]2O)O[C@H](CO)[C@@H](O[C@@H]2O[C@H](CO)[C@H](O)[C@H](O)[C@H]2O)[C@H]1O. The van der Waals surface area contributed by atoms with Gasteiger partial charge in [0.25, 0.3) is 0 Å². The van der Waals surface area contributed by atoms with Crippen molar-refractivity contribution in [2.75, 3.05) is 46.2 Å². The first-order chi connectivity index (χ1) is 39.2. The highest BCUT2D eigenvalue weighted by Gasteiger charge is 2.59. The predicted molar refractivity (Wildman–Crippen MR) is 256 cm³/mol. The van der Waals surface area contributed by atoms with Crippen molar-refractivity contribution in [2.24, 2.45) is 0 Å². The van der Waals surface area contributed by atoms with E-state index < -0.39 is 267 Å². The lowest BCUT2D eigenvalue weighted by molar-refractivity contribution is -0.389. The molecule has 6 aliphatic heterocycles. The molecule has 37 heteroatoms. The number of ether oxygens (including phenoxy) is 12. The summed E-state index contributed by atoms with van der Waals surface area (Å²) in [5, 5.41) is 229. The minimum absolute atomic E-state index is 0.852. The number of carbonyl (C=O) groups is 2. The molecule has 34 atom stereocenters. The molecule has 0 unspecified atom stereocenters. The van der Waals surface area contributed by atoms with E-state index in [0.29, 0.717) is 0 Å². The Balaban J connectivity index is 1.37. The molecule has 0 radical (unpaired) electrons. The molecule has 0 aromatic rings. The van der Waals surface area contributed by atoms with E-state index in [4.69, 9.17) is 56.8 Å². The molecule has 37 nitrogen and oxygen atoms in total. The summed E-state index contributed by atoms with van der Waals surface area (Å²) in [5.41, 5.74) is 0. The molecule has 6 saturated heterocycles. The van der Waals surface area contributed by atoms with Crippen molar-refractivity contribution in [3.05, 3.63) is 0 Å². The average molecular weight is 1220 g/mol. The van der Waals surface area contributed by atoms with E-state index >= 15 is 0 Å². The zero-order valence-corrected chi connectivity index (χ0v) is 44.7. The standard InChI is InChI=1S/C46H80N2O35/c1-11-23(59)29(65)32(68)43(73-11)82-39-22(48-13(3)56)42(77-19(9-54)38(39)81-45-34(70)31(67)26(62)17(7-52)75-45)83-40-27(63)20(78-46(35(40)71)79-36(15(58)5-50)24(60)14(57)4-49)10-72-41-21(47-12(2)55)28(64)37(18(8-53)76-41)80-44-33(69)30(66)25(61)16(6-51)74-44/h11,14-46,49-54,57-71H,4-10H2,1-3H3,(H,47,55)(H,48,56)/t11-,14-,15+,16+,17+,18+,19+,20+,21+,22+,23+,24+,25-,26-,27-,28-,29+,30-,31-,32-,33+,34+,35+,36+,37+,38+,39+,40-,41+,42-,43-,44-,45-,46-/m0/s1. The molecular weight excluding hydrogens is 1140 g/mol. The topological polar surface area (TPSA) is 594 Å². The molecule has 6 rings (SSSR count). The van der Waals surface area contributed by atoms with Gasteiger partial charge in [-0.25, -0.2) is 0 Å². The van der Waals surface area contributed by atoms with Crippen molar-refractivity contribution < 1.29 is 174 Å². The number of hydrogen-bond acceptors (Lipinski definition) is 35. The van der Waals surface area contributed by atoms with E-state index in [1.165, 1.54) is 6.92 Å². The number of nitrogens with one attached hydrogen (secondary N) is 2. The van der Waals surface area contributed by atoms with Crippen molar-refractivity contribution in [1.29, 1.82) is 0 Å². The number of rotatable bonds is 24. The highest BCUT2D eigenvalue weighted by molar-refractivity contribution is 5.73.